The molecule has 0 aliphatic heterocycles. The topological polar surface area (TPSA) is 0 Å². The fourth-order valence-electron chi connectivity index (χ4n) is 4.22. The average Bonchev–Trinajstić information content (AvgIpc) is 2.37. The Bertz CT molecular complexity index is 198. The van der Waals surface area contributed by atoms with Gasteiger partial charge < -0.3 is 0 Å². The van der Waals surface area contributed by atoms with Gasteiger partial charge in [-0.15, -0.1) is 0 Å². The number of hydrogen-bond acceptors (Lipinski definition) is 0. The normalized spacial score (nSPS) is 55.8. The van der Waals surface area contributed by atoms with Crippen LogP contribution in [0, 0.1) is 23.2 Å². The molecule has 2 unspecified atom stereocenters. The molecule has 12 heavy (non-hydrogen) atoms. The van der Waals surface area contributed by atoms with Crippen molar-refractivity contribution in [1.82, 2.24) is 0 Å². The summed E-state index contributed by atoms with van der Waals surface area (Å²) < 4.78 is 0.896. The lowest BCUT2D eigenvalue weighted by molar-refractivity contribution is 0.229. The quantitative estimate of drug-likeness (QED) is 0.471. The predicted molar refractivity (Wildman–Crippen MR) is 67.8 cm³/mol. The maximum atomic E-state index is 2.67. The Morgan fingerprint density at radius 1 is 1.00 bits per heavy atom. The second-order valence-electron chi connectivity index (χ2n) is 5.08. The summed E-state index contributed by atoms with van der Waals surface area (Å²) in [4.78, 5) is 0. The van der Waals surface area contributed by atoms with Gasteiger partial charge in [-0.25, -0.2) is 0 Å². The van der Waals surface area contributed by atoms with Gasteiger partial charge >= 0.3 is 0 Å². The molecule has 0 spiro atoms. The molecule has 0 aromatic heterocycles. The number of rotatable bonds is 1. The molecule has 0 aromatic carbocycles. The van der Waals surface area contributed by atoms with E-state index < -0.39 is 0 Å². The Balaban J connectivity index is 1.98. The molecule has 2 atom stereocenters. The van der Waals surface area contributed by atoms with Crippen LogP contribution >= 0.6 is 45.2 Å². The van der Waals surface area contributed by atoms with Gasteiger partial charge in [-0.05, 0) is 55.3 Å². The van der Waals surface area contributed by atoms with Gasteiger partial charge in [0.2, 0.25) is 0 Å². The lowest BCUT2D eigenvalue weighted by atomic mass is 9.77. The summed E-state index contributed by atoms with van der Waals surface area (Å²) in [5, 5.41) is 0. The summed E-state index contributed by atoms with van der Waals surface area (Å²) in [6.45, 7) is 0. The van der Waals surface area contributed by atoms with Gasteiger partial charge in [0.1, 0.15) is 0 Å². The molecule has 4 aliphatic rings. The first kappa shape index (κ1) is 8.74. The molecular formula is C10H14I2. The van der Waals surface area contributed by atoms with E-state index in [0.29, 0.717) is 0 Å². The van der Waals surface area contributed by atoms with Crippen LogP contribution in [-0.4, -0.2) is 1.93 Å². The summed E-state index contributed by atoms with van der Waals surface area (Å²) >= 11 is 5.34. The summed E-state index contributed by atoms with van der Waals surface area (Å²) in [5.41, 5.74) is 0.800. The van der Waals surface area contributed by atoms with Crippen LogP contribution in [0.5, 0.6) is 0 Å². The highest BCUT2D eigenvalue weighted by molar-refractivity contribution is 14.2. The Hall–Kier alpha value is 1.46. The third kappa shape index (κ3) is 0.997. The standard InChI is InChI=1S/C10H14I2/c11-9(12)10-4-6-1-7(5-10)3-8(10)2-6/h6-9H,1-5H2. The zero-order valence-corrected chi connectivity index (χ0v) is 11.4. The van der Waals surface area contributed by atoms with Crippen molar-refractivity contribution in [2.75, 3.05) is 0 Å². The average molecular weight is 388 g/mol. The lowest BCUT2D eigenvalue weighted by Crippen LogP contribution is -2.28. The van der Waals surface area contributed by atoms with Crippen LogP contribution in [0.2, 0.25) is 0 Å². The van der Waals surface area contributed by atoms with E-state index in [9.17, 15) is 0 Å². The first-order valence-corrected chi connectivity index (χ1v) is 7.48. The predicted octanol–water partition coefficient (Wildman–Crippen LogP) is 4.01. The highest BCUT2D eigenvalue weighted by Gasteiger charge is 2.59. The molecule has 0 nitrogen and oxygen atoms in total. The molecule has 0 heterocycles. The SMILES string of the molecule is IC(I)C12CC3CC(CC1C3)C2. The van der Waals surface area contributed by atoms with Gasteiger partial charge in [-0.2, -0.15) is 0 Å². The number of alkyl halides is 2. The molecule has 4 saturated carbocycles. The van der Waals surface area contributed by atoms with Crippen LogP contribution in [-0.2, 0) is 0 Å². The summed E-state index contributed by atoms with van der Waals surface area (Å²) in [6.07, 6.45) is 7.89. The Labute approximate surface area is 102 Å². The van der Waals surface area contributed by atoms with Crippen LogP contribution in [0.4, 0.5) is 0 Å². The van der Waals surface area contributed by atoms with Crippen molar-refractivity contribution in [3.63, 3.8) is 0 Å². The van der Waals surface area contributed by atoms with E-state index in [-0.39, 0.29) is 0 Å². The minimum Gasteiger partial charge on any atom is -0.0704 e. The highest BCUT2D eigenvalue weighted by atomic mass is 127. The molecule has 0 aromatic rings. The minimum atomic E-state index is 0.800. The van der Waals surface area contributed by atoms with Gasteiger partial charge in [0, 0.05) is 0 Å². The Morgan fingerprint density at radius 2 is 1.58 bits per heavy atom. The zero-order valence-electron chi connectivity index (χ0n) is 7.10. The van der Waals surface area contributed by atoms with Crippen LogP contribution in [0.25, 0.3) is 0 Å². The van der Waals surface area contributed by atoms with Crippen LogP contribution < -0.4 is 0 Å². The van der Waals surface area contributed by atoms with E-state index in [2.05, 4.69) is 45.2 Å². The molecule has 4 rings (SSSR count). The smallest absolute Gasteiger partial charge is 0.0685 e. The maximum Gasteiger partial charge on any atom is 0.0685 e. The first-order chi connectivity index (χ1) is 5.71. The molecule has 2 heteroatoms. The largest absolute Gasteiger partial charge is 0.0704 e. The molecule has 68 valence electrons. The second kappa shape index (κ2) is 2.74. The van der Waals surface area contributed by atoms with E-state index in [1.807, 2.05) is 0 Å². The van der Waals surface area contributed by atoms with Gasteiger partial charge in [0.15, 0.2) is 0 Å². The van der Waals surface area contributed by atoms with Crippen molar-refractivity contribution in [1.29, 1.82) is 0 Å². The van der Waals surface area contributed by atoms with Crippen LogP contribution in [0.15, 0.2) is 0 Å². The van der Waals surface area contributed by atoms with E-state index in [1.165, 1.54) is 0 Å². The van der Waals surface area contributed by atoms with Crippen molar-refractivity contribution < 1.29 is 0 Å². The Morgan fingerprint density at radius 3 is 2.00 bits per heavy atom. The van der Waals surface area contributed by atoms with Gasteiger partial charge in [0.05, 0.1) is 1.93 Å². The van der Waals surface area contributed by atoms with Gasteiger partial charge in [-0.3, -0.25) is 0 Å². The van der Waals surface area contributed by atoms with Crippen LogP contribution in [0.1, 0.15) is 32.1 Å². The molecule has 0 N–H and O–H groups in total. The summed E-state index contributed by atoms with van der Waals surface area (Å²) in [6, 6.07) is 0. The second-order valence-corrected chi connectivity index (χ2v) is 9.95. The van der Waals surface area contributed by atoms with Crippen molar-refractivity contribution in [3.05, 3.63) is 0 Å². The molecular weight excluding hydrogens is 374 g/mol. The first-order valence-electron chi connectivity index (χ1n) is 4.99. The van der Waals surface area contributed by atoms with E-state index in [1.54, 1.807) is 32.1 Å². The lowest BCUT2D eigenvalue weighted by Gasteiger charge is -2.34. The monoisotopic (exact) mass is 388 g/mol. The fraction of sp³-hybridized carbons (Fsp3) is 1.00. The van der Waals surface area contributed by atoms with Crippen molar-refractivity contribution >= 4 is 45.2 Å². The summed E-state index contributed by atoms with van der Waals surface area (Å²) in [7, 11) is 0. The molecule has 0 amide bonds. The zero-order chi connectivity index (χ0) is 8.34. The molecule has 4 fully saturated rings. The summed E-state index contributed by atoms with van der Waals surface area (Å²) in [5.74, 6) is 3.39. The maximum absolute atomic E-state index is 2.67. The molecule has 0 saturated heterocycles. The van der Waals surface area contributed by atoms with E-state index >= 15 is 0 Å². The third-order valence-corrected chi connectivity index (χ3v) is 6.97. The molecule has 0 radical (unpaired) electrons. The van der Waals surface area contributed by atoms with Crippen molar-refractivity contribution in [2.24, 2.45) is 23.2 Å². The molecule has 4 bridgehead atoms. The van der Waals surface area contributed by atoms with Crippen molar-refractivity contribution in [3.8, 4) is 0 Å². The third-order valence-electron chi connectivity index (χ3n) is 4.49. The highest BCUT2D eigenvalue weighted by Crippen LogP contribution is 2.68. The molecule has 4 aliphatic carbocycles. The van der Waals surface area contributed by atoms with E-state index in [0.717, 1.165) is 25.1 Å². The number of halogens is 2. The minimum absolute atomic E-state index is 0.800. The Kier molecular flexibility index (Phi) is 1.99. The van der Waals surface area contributed by atoms with Gasteiger partial charge in [-0.1, -0.05) is 45.2 Å². The fourth-order valence-corrected chi connectivity index (χ4v) is 6.25. The van der Waals surface area contributed by atoms with E-state index in [4.69, 9.17) is 0 Å². The van der Waals surface area contributed by atoms with Crippen molar-refractivity contribution in [2.45, 2.75) is 34.0 Å². The number of hydrogen-bond donors (Lipinski definition) is 0. The van der Waals surface area contributed by atoms with Gasteiger partial charge in [0.25, 0.3) is 0 Å². The van der Waals surface area contributed by atoms with Crippen LogP contribution in [0.3, 0.4) is 0 Å².